The lowest BCUT2D eigenvalue weighted by atomic mass is 10.1. The molecule has 0 aromatic rings. The Morgan fingerprint density at radius 2 is 2.00 bits per heavy atom. The molecule has 0 spiro atoms. The molecule has 1 aliphatic rings. The highest BCUT2D eigenvalue weighted by Crippen LogP contribution is 2.24. The number of hydrogen-bond acceptors (Lipinski definition) is 2. The first-order valence-corrected chi connectivity index (χ1v) is 4.13. The zero-order valence-corrected chi connectivity index (χ0v) is 7.63. The van der Waals surface area contributed by atoms with Crippen LogP contribution in [0.5, 0.6) is 0 Å². The number of rotatable bonds is 0. The van der Waals surface area contributed by atoms with Crippen LogP contribution in [0.3, 0.4) is 0 Å². The minimum atomic E-state index is -0.125. The molecular weight excluding hydrogens is 142 g/mol. The fraction of sp³-hybridized carbons (Fsp3) is 1.00. The molecule has 3 nitrogen and oxygen atoms in total. The number of ether oxygens (including phenoxy) is 1. The largest absolute Gasteiger partial charge is 0.329 e. The van der Waals surface area contributed by atoms with Gasteiger partial charge in [0.1, 0.15) is 12.1 Å². The van der Waals surface area contributed by atoms with Gasteiger partial charge in [-0.05, 0) is 20.8 Å². The topological polar surface area (TPSA) is 29.5 Å². The Morgan fingerprint density at radius 3 is 2.27 bits per heavy atom. The molecule has 0 radical (unpaired) electrons. The summed E-state index contributed by atoms with van der Waals surface area (Å²) in [4.78, 5) is 0. The summed E-state index contributed by atoms with van der Waals surface area (Å²) in [5.74, 6) is 0. The molecule has 11 heavy (non-hydrogen) atoms. The molecule has 3 heteroatoms. The smallest absolute Gasteiger partial charge is 0.213 e. The molecular formula is C8H18NO2+. The number of quaternary nitrogens is 1. The lowest BCUT2D eigenvalue weighted by Crippen LogP contribution is -2.61. The molecule has 1 atom stereocenters. The van der Waals surface area contributed by atoms with E-state index in [-0.39, 0.29) is 10.2 Å². The normalized spacial score (nSPS) is 33.8. The van der Waals surface area contributed by atoms with E-state index in [1.165, 1.54) is 0 Å². The number of nitrogens with zero attached hydrogens (tertiary/aromatic N) is 1. The van der Waals surface area contributed by atoms with E-state index in [1.807, 2.05) is 20.8 Å². The van der Waals surface area contributed by atoms with Gasteiger partial charge in [-0.25, -0.2) is 5.21 Å². The standard InChI is InChI=1S/C8H18NO2/c1-8(2,3)9(10)5-4-6-11-7-9/h10H,4-7H2,1-3H3/q+1/t9-/m1/s1. The third-order valence-electron chi connectivity index (χ3n) is 2.37. The van der Waals surface area contributed by atoms with E-state index in [9.17, 15) is 5.21 Å². The fourth-order valence-corrected chi connectivity index (χ4v) is 1.24. The molecule has 0 unspecified atom stereocenters. The van der Waals surface area contributed by atoms with Gasteiger partial charge in [-0.15, -0.1) is 0 Å². The summed E-state index contributed by atoms with van der Waals surface area (Å²) >= 11 is 0. The Balaban J connectivity index is 2.64. The van der Waals surface area contributed by atoms with E-state index in [0.29, 0.717) is 6.73 Å². The van der Waals surface area contributed by atoms with Gasteiger partial charge < -0.3 is 4.74 Å². The number of hydroxylamine groups is 3. The van der Waals surface area contributed by atoms with E-state index in [1.54, 1.807) is 0 Å². The second-order valence-corrected chi connectivity index (χ2v) is 4.21. The summed E-state index contributed by atoms with van der Waals surface area (Å²) < 4.78 is 5.28. The van der Waals surface area contributed by atoms with E-state index >= 15 is 0 Å². The van der Waals surface area contributed by atoms with Gasteiger partial charge in [0.2, 0.25) is 6.73 Å². The van der Waals surface area contributed by atoms with Crippen molar-refractivity contribution in [2.24, 2.45) is 0 Å². The number of hydrogen-bond donors (Lipinski definition) is 1. The molecule has 66 valence electrons. The summed E-state index contributed by atoms with van der Waals surface area (Å²) in [5.41, 5.74) is -0.125. The maximum absolute atomic E-state index is 10.0. The Bertz CT molecular complexity index is 134. The van der Waals surface area contributed by atoms with Gasteiger partial charge in [0.15, 0.2) is 0 Å². The highest BCUT2D eigenvalue weighted by atomic mass is 16.6. The van der Waals surface area contributed by atoms with Gasteiger partial charge in [0.25, 0.3) is 0 Å². The monoisotopic (exact) mass is 160 g/mol. The summed E-state index contributed by atoms with van der Waals surface area (Å²) in [5, 5.41) is 10.0. The second-order valence-electron chi connectivity index (χ2n) is 4.21. The maximum Gasteiger partial charge on any atom is 0.213 e. The van der Waals surface area contributed by atoms with Crippen molar-refractivity contribution in [2.75, 3.05) is 19.9 Å². The second kappa shape index (κ2) is 2.73. The van der Waals surface area contributed by atoms with E-state index in [2.05, 4.69) is 0 Å². The van der Waals surface area contributed by atoms with Crippen LogP contribution in [0.4, 0.5) is 0 Å². The minimum Gasteiger partial charge on any atom is -0.329 e. The SMILES string of the molecule is CC(C)(C)[N@@+]1(O)CCCOC1. The van der Waals surface area contributed by atoms with Crippen LogP contribution in [-0.2, 0) is 4.74 Å². The van der Waals surface area contributed by atoms with Crippen molar-refractivity contribution >= 4 is 0 Å². The zero-order chi connectivity index (χ0) is 8.54. The van der Waals surface area contributed by atoms with Crippen molar-refractivity contribution in [1.82, 2.24) is 0 Å². The fourth-order valence-electron chi connectivity index (χ4n) is 1.24. The van der Waals surface area contributed by atoms with Gasteiger partial charge in [-0.1, -0.05) is 0 Å². The van der Waals surface area contributed by atoms with Crippen molar-refractivity contribution in [3.05, 3.63) is 0 Å². The first-order chi connectivity index (χ1) is 4.96. The first kappa shape index (κ1) is 8.97. The average molecular weight is 160 g/mol. The van der Waals surface area contributed by atoms with Crippen LogP contribution in [0, 0.1) is 0 Å². The van der Waals surface area contributed by atoms with Crippen LogP contribution >= 0.6 is 0 Å². The molecule has 1 heterocycles. The van der Waals surface area contributed by atoms with E-state index in [0.717, 1.165) is 19.6 Å². The Hall–Kier alpha value is -0.120. The minimum absolute atomic E-state index is 0.0486. The van der Waals surface area contributed by atoms with E-state index in [4.69, 9.17) is 4.74 Å². The third kappa shape index (κ3) is 1.72. The highest BCUT2D eigenvalue weighted by molar-refractivity contribution is 4.60. The molecule has 0 amide bonds. The Morgan fingerprint density at radius 1 is 1.36 bits per heavy atom. The van der Waals surface area contributed by atoms with E-state index < -0.39 is 0 Å². The molecule has 1 N–H and O–H groups in total. The molecule has 0 aromatic carbocycles. The summed E-state index contributed by atoms with van der Waals surface area (Å²) in [7, 11) is 0. The zero-order valence-electron chi connectivity index (χ0n) is 7.63. The molecule has 0 aliphatic carbocycles. The van der Waals surface area contributed by atoms with Gasteiger partial charge in [-0.3, -0.25) is 0 Å². The average Bonchev–Trinajstić information content (AvgIpc) is 1.87. The quantitative estimate of drug-likeness (QED) is 0.542. The predicted octanol–water partition coefficient (Wildman–Crippen LogP) is 1.37. The molecule has 0 bridgehead atoms. The Labute approximate surface area is 68.1 Å². The highest BCUT2D eigenvalue weighted by Gasteiger charge is 2.41. The molecule has 1 aliphatic heterocycles. The lowest BCUT2D eigenvalue weighted by molar-refractivity contribution is -1.15. The molecule has 0 saturated carbocycles. The summed E-state index contributed by atoms with van der Waals surface area (Å²) in [6, 6.07) is 0. The molecule has 0 aromatic heterocycles. The lowest BCUT2D eigenvalue weighted by Gasteiger charge is -2.42. The van der Waals surface area contributed by atoms with Crippen molar-refractivity contribution in [1.29, 1.82) is 0 Å². The summed E-state index contributed by atoms with van der Waals surface area (Å²) in [6.07, 6.45) is 0.952. The van der Waals surface area contributed by atoms with Crippen LogP contribution in [0.15, 0.2) is 0 Å². The molecule has 1 rings (SSSR count). The predicted molar refractivity (Wildman–Crippen MR) is 42.1 cm³/mol. The Kier molecular flexibility index (Phi) is 2.23. The van der Waals surface area contributed by atoms with Crippen LogP contribution in [0.1, 0.15) is 27.2 Å². The molecule has 1 saturated heterocycles. The maximum atomic E-state index is 10.0. The summed E-state index contributed by atoms with van der Waals surface area (Å²) in [6.45, 7) is 8.12. The van der Waals surface area contributed by atoms with Crippen LogP contribution in [-0.4, -0.2) is 35.3 Å². The van der Waals surface area contributed by atoms with Crippen molar-refractivity contribution in [3.8, 4) is 0 Å². The van der Waals surface area contributed by atoms with Crippen LogP contribution < -0.4 is 0 Å². The van der Waals surface area contributed by atoms with Gasteiger partial charge in [-0.2, -0.15) is 4.65 Å². The van der Waals surface area contributed by atoms with Crippen molar-refractivity contribution in [2.45, 2.75) is 32.7 Å². The first-order valence-electron chi connectivity index (χ1n) is 4.13. The van der Waals surface area contributed by atoms with Crippen molar-refractivity contribution < 1.29 is 14.6 Å². The van der Waals surface area contributed by atoms with Crippen molar-refractivity contribution in [3.63, 3.8) is 0 Å². The van der Waals surface area contributed by atoms with Crippen LogP contribution in [0.25, 0.3) is 0 Å². The molecule has 1 fully saturated rings. The van der Waals surface area contributed by atoms with Gasteiger partial charge >= 0.3 is 0 Å². The van der Waals surface area contributed by atoms with Gasteiger partial charge in [0, 0.05) is 6.42 Å². The van der Waals surface area contributed by atoms with Crippen LogP contribution in [0.2, 0.25) is 0 Å². The van der Waals surface area contributed by atoms with Gasteiger partial charge in [0.05, 0.1) is 6.61 Å². The third-order valence-corrected chi connectivity index (χ3v) is 2.37.